The van der Waals surface area contributed by atoms with Crippen molar-refractivity contribution in [1.29, 1.82) is 0 Å². The van der Waals surface area contributed by atoms with Gasteiger partial charge in [0.15, 0.2) is 6.61 Å². The summed E-state index contributed by atoms with van der Waals surface area (Å²) in [5, 5.41) is 6.46. The first-order chi connectivity index (χ1) is 17.3. The summed E-state index contributed by atoms with van der Waals surface area (Å²) >= 11 is 12.1. The first kappa shape index (κ1) is 25.2. The van der Waals surface area contributed by atoms with Gasteiger partial charge in [0.1, 0.15) is 11.9 Å². The largest absolute Gasteiger partial charge is 0.454 e. The molecule has 0 bridgehead atoms. The third kappa shape index (κ3) is 6.02. The van der Waals surface area contributed by atoms with E-state index in [1.54, 1.807) is 24.4 Å². The number of rotatable bonds is 8. The van der Waals surface area contributed by atoms with Crippen LogP contribution in [0.3, 0.4) is 0 Å². The van der Waals surface area contributed by atoms with Crippen LogP contribution in [0.25, 0.3) is 10.9 Å². The molecule has 1 heterocycles. The van der Waals surface area contributed by atoms with Gasteiger partial charge >= 0.3 is 5.97 Å². The second-order valence-corrected chi connectivity index (χ2v) is 8.66. The Morgan fingerprint density at radius 1 is 0.944 bits per heavy atom. The van der Waals surface area contributed by atoms with E-state index >= 15 is 0 Å². The minimum Gasteiger partial charge on any atom is -0.454 e. The summed E-state index contributed by atoms with van der Waals surface area (Å²) in [6.45, 7) is -0.628. The summed E-state index contributed by atoms with van der Waals surface area (Å²) in [5.41, 5.74) is 1.99. The highest BCUT2D eigenvalue weighted by Gasteiger charge is 2.25. The Morgan fingerprint density at radius 2 is 1.64 bits per heavy atom. The topological polar surface area (TPSA) is 100 Å². The van der Waals surface area contributed by atoms with Crippen LogP contribution >= 0.6 is 23.2 Å². The van der Waals surface area contributed by atoms with Gasteiger partial charge in [0, 0.05) is 29.1 Å². The van der Waals surface area contributed by atoms with Gasteiger partial charge in [-0.2, -0.15) is 0 Å². The van der Waals surface area contributed by atoms with E-state index in [0.29, 0.717) is 0 Å². The van der Waals surface area contributed by atoms with Crippen LogP contribution in [0.2, 0.25) is 10.0 Å². The summed E-state index contributed by atoms with van der Waals surface area (Å²) in [4.78, 5) is 41.2. The average Bonchev–Trinajstić information content (AvgIpc) is 3.27. The van der Waals surface area contributed by atoms with E-state index in [9.17, 15) is 18.8 Å². The van der Waals surface area contributed by atoms with E-state index in [0.717, 1.165) is 28.6 Å². The lowest BCUT2D eigenvalue weighted by Gasteiger charge is -2.18. The number of carbonyl (C=O) groups excluding carboxylic acids is 3. The Morgan fingerprint density at radius 3 is 2.36 bits per heavy atom. The molecule has 4 aromatic rings. The molecule has 0 aliphatic carbocycles. The summed E-state index contributed by atoms with van der Waals surface area (Å²) < 4.78 is 18.5. The van der Waals surface area contributed by atoms with Crippen molar-refractivity contribution in [3.63, 3.8) is 0 Å². The smallest absolute Gasteiger partial charge is 0.329 e. The molecule has 0 fully saturated rings. The number of benzene rings is 3. The number of halogens is 3. The highest BCUT2D eigenvalue weighted by atomic mass is 35.5. The van der Waals surface area contributed by atoms with Crippen LogP contribution < -0.4 is 10.6 Å². The van der Waals surface area contributed by atoms with Crippen LogP contribution in [0.1, 0.15) is 15.9 Å². The second kappa shape index (κ2) is 11.2. The number of esters is 1. The van der Waals surface area contributed by atoms with Crippen molar-refractivity contribution in [2.75, 3.05) is 11.9 Å². The maximum atomic E-state index is 13.3. The molecule has 0 saturated carbocycles. The first-order valence-corrected chi connectivity index (χ1v) is 11.6. The van der Waals surface area contributed by atoms with Crippen molar-refractivity contribution in [1.82, 2.24) is 10.3 Å². The molecule has 3 aromatic carbocycles. The molecule has 1 atom stereocenters. The zero-order valence-electron chi connectivity index (χ0n) is 18.7. The number of para-hydroxylation sites is 2. The van der Waals surface area contributed by atoms with E-state index in [1.807, 2.05) is 24.3 Å². The Hall–Kier alpha value is -3.88. The Bertz CT molecular complexity index is 1400. The van der Waals surface area contributed by atoms with Crippen LogP contribution in [0, 0.1) is 5.82 Å². The van der Waals surface area contributed by atoms with Crippen LogP contribution in [0.4, 0.5) is 10.1 Å². The number of nitrogens with one attached hydrogen (secondary N) is 3. The lowest BCUT2D eigenvalue weighted by Crippen LogP contribution is -2.44. The lowest BCUT2D eigenvalue weighted by atomic mass is 10.0. The zero-order chi connectivity index (χ0) is 25.7. The fourth-order valence-electron chi connectivity index (χ4n) is 3.59. The molecule has 7 nitrogen and oxygen atoms in total. The van der Waals surface area contributed by atoms with Crippen molar-refractivity contribution < 1.29 is 23.5 Å². The molecule has 0 spiro atoms. The summed E-state index contributed by atoms with van der Waals surface area (Å²) in [5.74, 6) is -2.57. The number of hydrogen-bond donors (Lipinski definition) is 3. The predicted octanol–water partition coefficient (Wildman–Crippen LogP) is 5.14. The van der Waals surface area contributed by atoms with Crippen molar-refractivity contribution in [2.24, 2.45) is 0 Å². The molecule has 0 aliphatic heterocycles. The molecule has 1 aromatic heterocycles. The molecule has 4 rings (SSSR count). The SMILES string of the molecule is O=C(COC(=O)[C@H](Cc1c[nH]c2ccccc12)NC(=O)c1ccc(F)cc1)Nc1c(Cl)cccc1Cl. The maximum Gasteiger partial charge on any atom is 0.329 e. The standard InChI is InChI=1S/C26H20Cl2FN3O4/c27-19-5-3-6-20(28)24(19)32-23(33)14-36-26(35)22(31-25(34)15-8-10-17(29)11-9-15)12-16-13-30-21-7-2-1-4-18(16)21/h1-11,13,22,30H,12,14H2,(H,31,34)(H,32,33)/t22-/m0/s1. The van der Waals surface area contributed by atoms with Gasteiger partial charge in [-0.3, -0.25) is 9.59 Å². The molecule has 2 amide bonds. The number of amides is 2. The van der Waals surface area contributed by atoms with Gasteiger partial charge in [-0.25, -0.2) is 9.18 Å². The number of aromatic amines is 1. The molecule has 0 saturated heterocycles. The average molecular weight is 528 g/mol. The minimum absolute atomic E-state index is 0.0910. The van der Waals surface area contributed by atoms with Gasteiger partial charge in [0.25, 0.3) is 11.8 Å². The summed E-state index contributed by atoms with van der Waals surface area (Å²) in [6, 6.07) is 16.0. The predicted molar refractivity (Wildman–Crippen MR) is 136 cm³/mol. The van der Waals surface area contributed by atoms with Crippen molar-refractivity contribution >= 4 is 57.6 Å². The second-order valence-electron chi connectivity index (χ2n) is 7.85. The minimum atomic E-state index is -1.13. The van der Waals surface area contributed by atoms with Gasteiger partial charge in [-0.1, -0.05) is 47.5 Å². The third-order valence-electron chi connectivity index (χ3n) is 5.37. The van der Waals surface area contributed by atoms with Gasteiger partial charge in [0.05, 0.1) is 15.7 Å². The Kier molecular flexibility index (Phi) is 7.87. The van der Waals surface area contributed by atoms with Gasteiger partial charge in [0.2, 0.25) is 0 Å². The number of anilines is 1. The molecule has 0 aliphatic rings. The fourth-order valence-corrected chi connectivity index (χ4v) is 4.08. The summed E-state index contributed by atoms with van der Waals surface area (Å²) in [7, 11) is 0. The Balaban J connectivity index is 1.48. The summed E-state index contributed by atoms with van der Waals surface area (Å²) in [6.07, 6.45) is 1.83. The highest BCUT2D eigenvalue weighted by Crippen LogP contribution is 2.29. The number of fused-ring (bicyclic) bond motifs is 1. The normalized spacial score (nSPS) is 11.6. The van der Waals surface area contributed by atoms with E-state index in [-0.39, 0.29) is 27.7 Å². The van der Waals surface area contributed by atoms with E-state index in [1.165, 1.54) is 12.1 Å². The van der Waals surface area contributed by atoms with Gasteiger partial charge in [-0.15, -0.1) is 0 Å². The fraction of sp³-hybridized carbons (Fsp3) is 0.115. The lowest BCUT2D eigenvalue weighted by molar-refractivity contribution is -0.149. The highest BCUT2D eigenvalue weighted by molar-refractivity contribution is 6.39. The Labute approximate surface area is 215 Å². The number of carbonyl (C=O) groups is 3. The van der Waals surface area contributed by atoms with E-state index in [4.69, 9.17) is 27.9 Å². The van der Waals surface area contributed by atoms with Crippen LogP contribution in [0.15, 0.2) is 72.9 Å². The molecule has 0 unspecified atom stereocenters. The third-order valence-corrected chi connectivity index (χ3v) is 6.00. The molecular formula is C26H20Cl2FN3O4. The van der Waals surface area contributed by atoms with Crippen LogP contribution in [-0.2, 0) is 20.7 Å². The maximum absolute atomic E-state index is 13.3. The monoisotopic (exact) mass is 527 g/mol. The molecule has 36 heavy (non-hydrogen) atoms. The first-order valence-electron chi connectivity index (χ1n) is 10.8. The molecule has 0 radical (unpaired) electrons. The molecular weight excluding hydrogens is 508 g/mol. The quantitative estimate of drug-likeness (QED) is 0.276. The number of H-pyrrole nitrogens is 1. The van der Waals surface area contributed by atoms with Gasteiger partial charge < -0.3 is 20.4 Å². The molecule has 3 N–H and O–H groups in total. The number of aromatic nitrogens is 1. The van der Waals surface area contributed by atoms with Gasteiger partial charge in [-0.05, 0) is 48.0 Å². The van der Waals surface area contributed by atoms with Crippen molar-refractivity contribution in [2.45, 2.75) is 12.5 Å². The number of ether oxygens (including phenoxy) is 1. The van der Waals surface area contributed by atoms with E-state index in [2.05, 4.69) is 15.6 Å². The molecule has 184 valence electrons. The van der Waals surface area contributed by atoms with Crippen LogP contribution in [0.5, 0.6) is 0 Å². The van der Waals surface area contributed by atoms with Crippen LogP contribution in [-0.4, -0.2) is 35.4 Å². The van der Waals surface area contributed by atoms with Crippen molar-refractivity contribution in [3.05, 3.63) is 99.9 Å². The van der Waals surface area contributed by atoms with Crippen molar-refractivity contribution in [3.8, 4) is 0 Å². The molecule has 10 heteroatoms. The van der Waals surface area contributed by atoms with E-state index < -0.39 is 36.2 Å². The number of hydrogen-bond acceptors (Lipinski definition) is 4. The zero-order valence-corrected chi connectivity index (χ0v) is 20.2.